The molecule has 0 saturated carbocycles. The highest BCUT2D eigenvalue weighted by atomic mass is 35.5. The smallest absolute Gasteiger partial charge is 0.156 e. The third-order valence-electron chi connectivity index (χ3n) is 4.52. The molecule has 1 atom stereocenters. The van der Waals surface area contributed by atoms with Gasteiger partial charge < -0.3 is 9.84 Å². The first-order valence-electron chi connectivity index (χ1n) is 8.85. The Labute approximate surface area is 164 Å². The first-order valence-corrected chi connectivity index (χ1v) is 9.61. The quantitative estimate of drug-likeness (QED) is 0.778. The fraction of sp³-hybridized carbons (Fsp3) is 0.400. The summed E-state index contributed by atoms with van der Waals surface area (Å²) in [6.45, 7) is 5.62. The fourth-order valence-electron chi connectivity index (χ4n) is 3.12. The minimum atomic E-state index is -0.581. The van der Waals surface area contributed by atoms with E-state index in [9.17, 15) is 5.11 Å². The Morgan fingerprint density at radius 1 is 0.885 bits per heavy atom. The van der Waals surface area contributed by atoms with Crippen LogP contribution in [0.25, 0.3) is 0 Å². The summed E-state index contributed by atoms with van der Waals surface area (Å²) in [5.41, 5.74) is 1.34. The molecule has 140 valence electrons. The molecule has 6 heteroatoms. The highest BCUT2D eigenvalue weighted by Crippen LogP contribution is 2.32. The van der Waals surface area contributed by atoms with Crippen molar-refractivity contribution in [3.63, 3.8) is 0 Å². The molecule has 0 radical (unpaired) electrons. The van der Waals surface area contributed by atoms with Gasteiger partial charge in [0, 0.05) is 39.3 Å². The van der Waals surface area contributed by atoms with Gasteiger partial charge in [0.05, 0.1) is 10.0 Å². The number of nitrogens with zero attached hydrogens (tertiary/aromatic N) is 2. The third kappa shape index (κ3) is 5.60. The van der Waals surface area contributed by atoms with Crippen molar-refractivity contribution in [2.45, 2.75) is 12.6 Å². The number of hydrogen-bond donors (Lipinski definition) is 1. The van der Waals surface area contributed by atoms with Gasteiger partial charge in [-0.3, -0.25) is 9.80 Å². The maximum atomic E-state index is 10.3. The molecule has 1 aliphatic heterocycles. The molecule has 0 spiro atoms. The second kappa shape index (κ2) is 9.58. The van der Waals surface area contributed by atoms with Crippen LogP contribution in [0.15, 0.2) is 48.5 Å². The SMILES string of the molecule is O[C@@H](COc1c(Cl)cccc1Cl)CN1CCN(Cc2ccccc2)CC1. The molecule has 1 heterocycles. The van der Waals surface area contributed by atoms with E-state index in [1.54, 1.807) is 18.2 Å². The fourth-order valence-corrected chi connectivity index (χ4v) is 3.63. The molecule has 2 aromatic rings. The lowest BCUT2D eigenvalue weighted by Gasteiger charge is -2.35. The van der Waals surface area contributed by atoms with E-state index in [2.05, 4.69) is 34.1 Å². The lowest BCUT2D eigenvalue weighted by atomic mass is 10.2. The van der Waals surface area contributed by atoms with Crippen LogP contribution in [0.4, 0.5) is 0 Å². The zero-order valence-corrected chi connectivity index (χ0v) is 16.2. The molecule has 2 aromatic carbocycles. The minimum absolute atomic E-state index is 0.174. The number of benzene rings is 2. The Morgan fingerprint density at radius 3 is 2.15 bits per heavy atom. The van der Waals surface area contributed by atoms with Gasteiger partial charge in [0.25, 0.3) is 0 Å². The predicted molar refractivity (Wildman–Crippen MR) is 106 cm³/mol. The summed E-state index contributed by atoms with van der Waals surface area (Å²) in [7, 11) is 0. The van der Waals surface area contributed by atoms with Crippen LogP contribution in [0.5, 0.6) is 5.75 Å². The highest BCUT2D eigenvalue weighted by Gasteiger charge is 2.20. The highest BCUT2D eigenvalue weighted by molar-refractivity contribution is 6.37. The third-order valence-corrected chi connectivity index (χ3v) is 5.12. The minimum Gasteiger partial charge on any atom is -0.488 e. The first kappa shape index (κ1) is 19.5. The first-order chi connectivity index (χ1) is 12.6. The summed E-state index contributed by atoms with van der Waals surface area (Å²) in [6, 6.07) is 15.7. The summed E-state index contributed by atoms with van der Waals surface area (Å²) in [4.78, 5) is 4.71. The molecule has 0 bridgehead atoms. The van der Waals surface area contributed by atoms with Gasteiger partial charge in [0.1, 0.15) is 12.7 Å². The van der Waals surface area contributed by atoms with E-state index in [1.165, 1.54) is 5.56 Å². The molecule has 4 nitrogen and oxygen atoms in total. The Kier molecular flexibility index (Phi) is 7.17. The number of rotatable bonds is 7. The summed E-state index contributed by atoms with van der Waals surface area (Å²) in [5, 5.41) is 11.2. The van der Waals surface area contributed by atoms with Gasteiger partial charge in [-0.05, 0) is 17.7 Å². The monoisotopic (exact) mass is 394 g/mol. The van der Waals surface area contributed by atoms with E-state index in [4.69, 9.17) is 27.9 Å². The van der Waals surface area contributed by atoms with Crippen LogP contribution in [0.2, 0.25) is 10.0 Å². The number of β-amino-alcohol motifs (C(OH)–C–C–N with tert-alkyl or cyclic N) is 1. The van der Waals surface area contributed by atoms with Crippen molar-refractivity contribution in [1.82, 2.24) is 9.80 Å². The average Bonchev–Trinajstić information content (AvgIpc) is 2.64. The van der Waals surface area contributed by atoms with Crippen molar-refractivity contribution in [2.75, 3.05) is 39.3 Å². The Morgan fingerprint density at radius 2 is 1.50 bits per heavy atom. The van der Waals surface area contributed by atoms with Gasteiger partial charge in [0.2, 0.25) is 0 Å². The summed E-state index contributed by atoms with van der Waals surface area (Å²) < 4.78 is 5.62. The number of para-hydroxylation sites is 1. The molecule has 1 aliphatic rings. The number of ether oxygens (including phenoxy) is 1. The van der Waals surface area contributed by atoms with Crippen molar-refractivity contribution >= 4 is 23.2 Å². The number of halogens is 2. The number of aliphatic hydroxyl groups is 1. The molecule has 3 rings (SSSR count). The lowest BCUT2D eigenvalue weighted by molar-refractivity contribution is 0.0447. The van der Waals surface area contributed by atoms with Crippen LogP contribution in [-0.2, 0) is 6.54 Å². The zero-order valence-electron chi connectivity index (χ0n) is 14.7. The number of aliphatic hydroxyl groups excluding tert-OH is 1. The molecule has 26 heavy (non-hydrogen) atoms. The van der Waals surface area contributed by atoms with E-state index < -0.39 is 6.10 Å². The summed E-state index contributed by atoms with van der Waals surface area (Å²) in [5.74, 6) is 0.433. The molecule has 1 N–H and O–H groups in total. The standard InChI is InChI=1S/C20H24Cl2N2O2/c21-18-7-4-8-19(22)20(18)26-15-17(25)14-24-11-9-23(10-12-24)13-16-5-2-1-3-6-16/h1-8,17,25H,9-15H2/t17-/m1/s1. The molecular formula is C20H24Cl2N2O2. The molecule has 0 unspecified atom stereocenters. The van der Waals surface area contributed by atoms with Crippen molar-refractivity contribution < 1.29 is 9.84 Å². The number of piperazine rings is 1. The van der Waals surface area contributed by atoms with E-state index in [0.717, 1.165) is 32.7 Å². The van der Waals surface area contributed by atoms with Crippen LogP contribution in [0.3, 0.4) is 0 Å². The van der Waals surface area contributed by atoms with Crippen LogP contribution in [0.1, 0.15) is 5.56 Å². The van der Waals surface area contributed by atoms with Crippen LogP contribution in [-0.4, -0.2) is 60.3 Å². The van der Waals surface area contributed by atoms with Crippen LogP contribution < -0.4 is 4.74 Å². The van der Waals surface area contributed by atoms with Crippen molar-refractivity contribution in [1.29, 1.82) is 0 Å². The van der Waals surface area contributed by atoms with Crippen molar-refractivity contribution in [2.24, 2.45) is 0 Å². The molecule has 0 amide bonds. The van der Waals surface area contributed by atoms with Crippen molar-refractivity contribution in [3.8, 4) is 5.75 Å². The normalized spacial score (nSPS) is 17.2. The Hall–Kier alpha value is -1.30. The predicted octanol–water partition coefficient (Wildman–Crippen LogP) is 3.55. The van der Waals surface area contributed by atoms with E-state index in [0.29, 0.717) is 22.3 Å². The molecule has 0 aromatic heterocycles. The summed E-state index contributed by atoms with van der Waals surface area (Å²) in [6.07, 6.45) is -0.581. The Bertz CT molecular complexity index is 671. The second-order valence-electron chi connectivity index (χ2n) is 6.58. The maximum Gasteiger partial charge on any atom is 0.156 e. The number of hydrogen-bond acceptors (Lipinski definition) is 4. The van der Waals surface area contributed by atoms with E-state index in [-0.39, 0.29) is 6.61 Å². The van der Waals surface area contributed by atoms with Crippen LogP contribution >= 0.6 is 23.2 Å². The average molecular weight is 395 g/mol. The second-order valence-corrected chi connectivity index (χ2v) is 7.39. The van der Waals surface area contributed by atoms with Gasteiger partial charge in [-0.2, -0.15) is 0 Å². The Balaban J connectivity index is 1.40. The maximum absolute atomic E-state index is 10.3. The van der Waals surface area contributed by atoms with Gasteiger partial charge >= 0.3 is 0 Å². The molecule has 1 saturated heterocycles. The van der Waals surface area contributed by atoms with Gasteiger partial charge in [-0.15, -0.1) is 0 Å². The van der Waals surface area contributed by atoms with Crippen molar-refractivity contribution in [3.05, 3.63) is 64.1 Å². The lowest BCUT2D eigenvalue weighted by Crippen LogP contribution is -2.48. The van der Waals surface area contributed by atoms with E-state index in [1.807, 2.05) is 6.07 Å². The van der Waals surface area contributed by atoms with Gasteiger partial charge in [0.15, 0.2) is 5.75 Å². The van der Waals surface area contributed by atoms with E-state index >= 15 is 0 Å². The van der Waals surface area contributed by atoms with Crippen LogP contribution in [0, 0.1) is 0 Å². The largest absolute Gasteiger partial charge is 0.488 e. The topological polar surface area (TPSA) is 35.9 Å². The van der Waals surface area contributed by atoms with Gasteiger partial charge in [-0.25, -0.2) is 0 Å². The molecular weight excluding hydrogens is 371 g/mol. The van der Waals surface area contributed by atoms with Gasteiger partial charge in [-0.1, -0.05) is 59.6 Å². The zero-order chi connectivity index (χ0) is 18.4. The summed E-state index contributed by atoms with van der Waals surface area (Å²) >= 11 is 12.2. The molecule has 0 aliphatic carbocycles. The molecule has 1 fully saturated rings.